The van der Waals surface area contributed by atoms with Gasteiger partial charge in [-0.05, 0) is 19.1 Å². The molecule has 1 aromatic carbocycles. The Balaban J connectivity index is 2.26. The predicted molar refractivity (Wildman–Crippen MR) is 78.3 cm³/mol. The highest BCUT2D eigenvalue weighted by Crippen LogP contribution is 2.16. The van der Waals surface area contributed by atoms with E-state index >= 15 is 0 Å². The van der Waals surface area contributed by atoms with Gasteiger partial charge in [0.2, 0.25) is 5.91 Å². The molecule has 1 heterocycles. The lowest BCUT2D eigenvalue weighted by Crippen LogP contribution is -2.25. The Labute approximate surface area is 118 Å². The number of aromatic nitrogens is 2. The largest absolute Gasteiger partial charge is 0.383 e. The van der Waals surface area contributed by atoms with Crippen LogP contribution in [0.3, 0.4) is 0 Å². The van der Waals surface area contributed by atoms with Crippen molar-refractivity contribution >= 4 is 16.9 Å². The number of amides is 1. The van der Waals surface area contributed by atoms with E-state index in [0.29, 0.717) is 25.3 Å². The highest BCUT2D eigenvalue weighted by atomic mass is 16.5. The van der Waals surface area contributed by atoms with Crippen LogP contribution in [0.1, 0.15) is 12.7 Å². The van der Waals surface area contributed by atoms with Crippen molar-refractivity contribution in [3.05, 3.63) is 42.2 Å². The molecule has 0 aliphatic rings. The summed E-state index contributed by atoms with van der Waals surface area (Å²) in [5.74, 6) is 0.660. The van der Waals surface area contributed by atoms with E-state index in [0.717, 1.165) is 16.9 Å². The Hall–Kier alpha value is -2.14. The van der Waals surface area contributed by atoms with Gasteiger partial charge >= 0.3 is 0 Å². The van der Waals surface area contributed by atoms with Crippen molar-refractivity contribution in [3.8, 4) is 0 Å². The van der Waals surface area contributed by atoms with E-state index in [1.165, 1.54) is 0 Å². The van der Waals surface area contributed by atoms with Crippen molar-refractivity contribution in [3.63, 3.8) is 0 Å². The third-order valence-electron chi connectivity index (χ3n) is 3.05. The van der Waals surface area contributed by atoms with Crippen LogP contribution < -0.4 is 5.32 Å². The molecular weight excluding hydrogens is 254 g/mol. The van der Waals surface area contributed by atoms with Crippen LogP contribution in [0.25, 0.3) is 11.0 Å². The van der Waals surface area contributed by atoms with Gasteiger partial charge in [-0.2, -0.15) is 0 Å². The number of imidazole rings is 1. The third kappa shape index (κ3) is 3.05. The molecule has 0 aliphatic carbocycles. The minimum atomic E-state index is -0.157. The number of nitrogens with zero attached hydrogens (tertiary/aromatic N) is 2. The number of carbonyl (C=O) groups is 1. The van der Waals surface area contributed by atoms with Crippen LogP contribution in [0.2, 0.25) is 0 Å². The van der Waals surface area contributed by atoms with E-state index in [4.69, 9.17) is 4.74 Å². The van der Waals surface area contributed by atoms with Gasteiger partial charge in [-0.1, -0.05) is 18.7 Å². The van der Waals surface area contributed by atoms with Gasteiger partial charge in [0.25, 0.3) is 0 Å². The second-order valence-electron chi connectivity index (χ2n) is 4.62. The Bertz CT molecular complexity index is 631. The maximum absolute atomic E-state index is 11.6. The molecule has 0 aliphatic heterocycles. The summed E-state index contributed by atoms with van der Waals surface area (Å²) in [5.41, 5.74) is 2.46. The zero-order valence-electron chi connectivity index (χ0n) is 11.8. The van der Waals surface area contributed by atoms with Crippen molar-refractivity contribution in [2.45, 2.75) is 20.0 Å². The molecule has 0 bridgehead atoms. The van der Waals surface area contributed by atoms with E-state index in [1.54, 1.807) is 14.0 Å². The summed E-state index contributed by atoms with van der Waals surface area (Å²) in [6.07, 6.45) is 0. The molecule has 5 nitrogen and oxygen atoms in total. The van der Waals surface area contributed by atoms with Gasteiger partial charge in [0.15, 0.2) is 0 Å². The van der Waals surface area contributed by atoms with Crippen LogP contribution in [0.4, 0.5) is 0 Å². The van der Waals surface area contributed by atoms with Gasteiger partial charge in [-0.15, -0.1) is 0 Å². The zero-order valence-corrected chi connectivity index (χ0v) is 11.8. The first-order valence-electron chi connectivity index (χ1n) is 6.50. The number of fused-ring (bicyclic) bond motifs is 1. The van der Waals surface area contributed by atoms with Gasteiger partial charge in [0.05, 0.1) is 24.2 Å². The first kappa shape index (κ1) is 14.3. The normalized spacial score (nSPS) is 10.7. The molecule has 106 valence electrons. The van der Waals surface area contributed by atoms with Crippen LogP contribution in [0.5, 0.6) is 0 Å². The highest BCUT2D eigenvalue weighted by Gasteiger charge is 2.11. The molecule has 1 aromatic heterocycles. The van der Waals surface area contributed by atoms with Crippen molar-refractivity contribution in [1.82, 2.24) is 14.9 Å². The lowest BCUT2D eigenvalue weighted by Gasteiger charge is -2.09. The summed E-state index contributed by atoms with van der Waals surface area (Å²) in [6, 6.07) is 7.90. The van der Waals surface area contributed by atoms with E-state index in [1.807, 2.05) is 24.3 Å². The molecular formula is C15H19N3O2. The number of benzene rings is 1. The minimum Gasteiger partial charge on any atom is -0.383 e. The van der Waals surface area contributed by atoms with Crippen LogP contribution >= 0.6 is 0 Å². The van der Waals surface area contributed by atoms with Gasteiger partial charge in [0.1, 0.15) is 5.82 Å². The highest BCUT2D eigenvalue weighted by molar-refractivity contribution is 5.92. The molecule has 0 fully saturated rings. The SMILES string of the molecule is C=C(C)C(=O)NCc1nc2ccccc2n1CCOC. The van der Waals surface area contributed by atoms with Gasteiger partial charge in [0, 0.05) is 19.2 Å². The van der Waals surface area contributed by atoms with Crippen molar-refractivity contribution < 1.29 is 9.53 Å². The molecule has 1 N–H and O–H groups in total. The third-order valence-corrected chi connectivity index (χ3v) is 3.05. The number of carbonyl (C=O) groups excluding carboxylic acids is 1. The Morgan fingerprint density at radius 3 is 2.90 bits per heavy atom. The Kier molecular flexibility index (Phi) is 4.53. The lowest BCUT2D eigenvalue weighted by molar-refractivity contribution is -0.117. The average molecular weight is 273 g/mol. The van der Waals surface area contributed by atoms with Crippen molar-refractivity contribution in [2.24, 2.45) is 0 Å². The van der Waals surface area contributed by atoms with E-state index in [9.17, 15) is 4.79 Å². The fourth-order valence-electron chi connectivity index (χ4n) is 2.00. The summed E-state index contributed by atoms with van der Waals surface area (Å²) in [6.45, 7) is 6.99. The number of nitrogens with one attached hydrogen (secondary N) is 1. The Morgan fingerprint density at radius 1 is 1.45 bits per heavy atom. The van der Waals surface area contributed by atoms with E-state index in [-0.39, 0.29) is 5.91 Å². The topological polar surface area (TPSA) is 56.2 Å². The summed E-state index contributed by atoms with van der Waals surface area (Å²) >= 11 is 0. The summed E-state index contributed by atoms with van der Waals surface area (Å²) in [4.78, 5) is 16.1. The molecule has 0 atom stereocenters. The number of hydrogen-bond donors (Lipinski definition) is 1. The monoisotopic (exact) mass is 273 g/mol. The van der Waals surface area contributed by atoms with E-state index < -0.39 is 0 Å². The minimum absolute atomic E-state index is 0.157. The quantitative estimate of drug-likeness (QED) is 0.818. The molecule has 0 spiro atoms. The number of ether oxygens (including phenoxy) is 1. The molecule has 0 saturated carbocycles. The van der Waals surface area contributed by atoms with Crippen LogP contribution in [0.15, 0.2) is 36.4 Å². The van der Waals surface area contributed by atoms with Crippen molar-refractivity contribution in [1.29, 1.82) is 0 Å². The molecule has 1 amide bonds. The first-order valence-corrected chi connectivity index (χ1v) is 6.50. The molecule has 2 rings (SSSR count). The predicted octanol–water partition coefficient (Wildman–Crippen LogP) is 1.88. The van der Waals surface area contributed by atoms with Crippen LogP contribution in [-0.4, -0.2) is 29.2 Å². The van der Waals surface area contributed by atoms with E-state index in [2.05, 4.69) is 21.4 Å². The maximum atomic E-state index is 11.6. The molecule has 2 aromatic rings. The zero-order chi connectivity index (χ0) is 14.5. The fraction of sp³-hybridized carbons (Fsp3) is 0.333. The number of methoxy groups -OCH3 is 1. The fourth-order valence-corrected chi connectivity index (χ4v) is 2.00. The molecule has 0 saturated heterocycles. The van der Waals surface area contributed by atoms with Gasteiger partial charge in [-0.25, -0.2) is 4.98 Å². The van der Waals surface area contributed by atoms with Crippen LogP contribution in [0, 0.1) is 0 Å². The smallest absolute Gasteiger partial charge is 0.246 e. The molecule has 5 heteroatoms. The lowest BCUT2D eigenvalue weighted by atomic mass is 10.3. The standard InChI is InChI=1S/C15H19N3O2/c1-11(2)15(19)16-10-14-17-12-6-4-5-7-13(12)18(14)8-9-20-3/h4-7H,1,8-10H2,2-3H3,(H,16,19). The maximum Gasteiger partial charge on any atom is 0.246 e. The number of para-hydroxylation sites is 2. The molecule has 0 radical (unpaired) electrons. The average Bonchev–Trinajstić information content (AvgIpc) is 2.80. The summed E-state index contributed by atoms with van der Waals surface area (Å²) in [5, 5.41) is 2.81. The van der Waals surface area contributed by atoms with Crippen LogP contribution in [-0.2, 0) is 22.6 Å². The summed E-state index contributed by atoms with van der Waals surface area (Å²) in [7, 11) is 1.67. The second kappa shape index (κ2) is 6.34. The van der Waals surface area contributed by atoms with Gasteiger partial charge in [-0.3, -0.25) is 4.79 Å². The molecule has 20 heavy (non-hydrogen) atoms. The number of hydrogen-bond acceptors (Lipinski definition) is 3. The van der Waals surface area contributed by atoms with Crippen molar-refractivity contribution in [2.75, 3.05) is 13.7 Å². The summed E-state index contributed by atoms with van der Waals surface area (Å²) < 4.78 is 7.20. The Morgan fingerprint density at radius 2 is 2.20 bits per heavy atom. The number of rotatable bonds is 6. The second-order valence-corrected chi connectivity index (χ2v) is 4.62. The van der Waals surface area contributed by atoms with Gasteiger partial charge < -0.3 is 14.6 Å². The molecule has 0 unspecified atom stereocenters. The first-order chi connectivity index (χ1) is 9.63.